The zero-order chi connectivity index (χ0) is 23.3. The van der Waals surface area contributed by atoms with Crippen LogP contribution in [0.3, 0.4) is 0 Å². The smallest absolute Gasteiger partial charge is 0.127 e. The topological polar surface area (TPSA) is 58.9 Å². The summed E-state index contributed by atoms with van der Waals surface area (Å²) >= 11 is 0. The quantitative estimate of drug-likeness (QED) is 0.298. The molecule has 2 N–H and O–H groups in total. The van der Waals surface area contributed by atoms with Crippen LogP contribution >= 0.6 is 0 Å². The van der Waals surface area contributed by atoms with Crippen LogP contribution in [0, 0.1) is 0 Å². The number of benzene rings is 5. The Labute approximate surface area is 198 Å². The van der Waals surface area contributed by atoms with Gasteiger partial charge in [-0.1, -0.05) is 84.9 Å². The SMILES string of the molecule is OCc1cccc2cccc(OCc3ccc(COc4cccc5cccc(CO)c45)cc3)c12. The minimum Gasteiger partial charge on any atom is -0.488 e. The first-order valence-corrected chi connectivity index (χ1v) is 11.3. The summed E-state index contributed by atoms with van der Waals surface area (Å²) in [5.41, 5.74) is 3.82. The van der Waals surface area contributed by atoms with Gasteiger partial charge < -0.3 is 19.7 Å². The molecule has 0 spiro atoms. The van der Waals surface area contributed by atoms with Gasteiger partial charge in [0.2, 0.25) is 0 Å². The van der Waals surface area contributed by atoms with Gasteiger partial charge in [-0.05, 0) is 45.2 Å². The van der Waals surface area contributed by atoms with Crippen molar-refractivity contribution < 1.29 is 19.7 Å². The Morgan fingerprint density at radius 1 is 0.471 bits per heavy atom. The van der Waals surface area contributed by atoms with Gasteiger partial charge in [0, 0.05) is 10.8 Å². The monoisotopic (exact) mass is 450 g/mol. The molecule has 0 unspecified atom stereocenters. The summed E-state index contributed by atoms with van der Waals surface area (Å²) in [7, 11) is 0. The van der Waals surface area contributed by atoms with E-state index in [1.165, 1.54) is 0 Å². The maximum Gasteiger partial charge on any atom is 0.127 e. The molecule has 5 aromatic rings. The molecule has 0 aliphatic rings. The van der Waals surface area contributed by atoms with Crippen molar-refractivity contribution in [1.29, 1.82) is 0 Å². The average Bonchev–Trinajstić information content (AvgIpc) is 2.90. The molecule has 0 aliphatic heterocycles. The fraction of sp³-hybridized carbons (Fsp3) is 0.133. The summed E-state index contributed by atoms with van der Waals surface area (Å²) in [5.74, 6) is 1.54. The normalized spacial score (nSPS) is 11.1. The molecule has 0 bridgehead atoms. The molecule has 5 aromatic carbocycles. The molecular weight excluding hydrogens is 424 g/mol. The van der Waals surface area contributed by atoms with E-state index in [-0.39, 0.29) is 13.2 Å². The second-order valence-electron chi connectivity index (χ2n) is 8.25. The van der Waals surface area contributed by atoms with Gasteiger partial charge in [-0.3, -0.25) is 0 Å². The molecule has 34 heavy (non-hydrogen) atoms. The Kier molecular flexibility index (Phi) is 6.43. The molecule has 4 nitrogen and oxygen atoms in total. The highest BCUT2D eigenvalue weighted by Gasteiger charge is 2.09. The molecule has 0 amide bonds. The standard InChI is InChI=1S/C30H26O4/c31-17-25-9-1-5-23-7-3-11-27(29(23)25)33-19-21-13-15-22(16-14-21)20-34-28-12-4-8-24-6-2-10-26(18-32)30(24)28/h1-16,31-32H,17-20H2. The fourth-order valence-corrected chi connectivity index (χ4v) is 4.32. The molecule has 0 aromatic heterocycles. The molecule has 0 heterocycles. The van der Waals surface area contributed by atoms with E-state index in [2.05, 4.69) is 0 Å². The van der Waals surface area contributed by atoms with Crippen molar-refractivity contribution in [2.75, 3.05) is 0 Å². The van der Waals surface area contributed by atoms with Crippen molar-refractivity contribution in [2.24, 2.45) is 0 Å². The number of aliphatic hydroxyl groups is 2. The van der Waals surface area contributed by atoms with Gasteiger partial charge in [-0.15, -0.1) is 0 Å². The van der Waals surface area contributed by atoms with Gasteiger partial charge in [-0.2, -0.15) is 0 Å². The van der Waals surface area contributed by atoms with Crippen molar-refractivity contribution in [3.05, 3.63) is 119 Å². The molecule has 4 heteroatoms. The Bertz CT molecular complexity index is 1300. The highest BCUT2D eigenvalue weighted by Crippen LogP contribution is 2.31. The van der Waals surface area contributed by atoms with Crippen LogP contribution in [-0.2, 0) is 26.4 Å². The van der Waals surface area contributed by atoms with Crippen LogP contribution in [0.2, 0.25) is 0 Å². The second kappa shape index (κ2) is 9.96. The first kappa shape index (κ1) is 22.0. The number of ether oxygens (including phenoxy) is 2. The first-order chi connectivity index (χ1) is 16.8. The summed E-state index contributed by atoms with van der Waals surface area (Å²) in [5, 5.41) is 23.4. The van der Waals surface area contributed by atoms with Gasteiger partial charge in [-0.25, -0.2) is 0 Å². The number of fused-ring (bicyclic) bond motifs is 2. The van der Waals surface area contributed by atoms with Gasteiger partial charge in [0.25, 0.3) is 0 Å². The Hall–Kier alpha value is -3.86. The molecule has 0 atom stereocenters. The third-order valence-corrected chi connectivity index (χ3v) is 6.06. The molecule has 0 saturated heterocycles. The highest BCUT2D eigenvalue weighted by atomic mass is 16.5. The van der Waals surface area contributed by atoms with Crippen LogP contribution in [-0.4, -0.2) is 10.2 Å². The van der Waals surface area contributed by atoms with E-state index < -0.39 is 0 Å². The van der Waals surface area contributed by atoms with E-state index in [1.54, 1.807) is 0 Å². The lowest BCUT2D eigenvalue weighted by atomic mass is 10.0. The van der Waals surface area contributed by atoms with Gasteiger partial charge in [0.1, 0.15) is 24.7 Å². The zero-order valence-corrected chi connectivity index (χ0v) is 18.8. The lowest BCUT2D eigenvalue weighted by Gasteiger charge is -2.13. The Morgan fingerprint density at radius 3 is 1.24 bits per heavy atom. The maximum absolute atomic E-state index is 9.72. The molecule has 0 aliphatic carbocycles. The van der Waals surface area contributed by atoms with Crippen molar-refractivity contribution in [3.8, 4) is 11.5 Å². The molecule has 0 fully saturated rings. The Balaban J connectivity index is 1.28. The van der Waals surface area contributed by atoms with E-state index in [0.29, 0.717) is 13.2 Å². The summed E-state index contributed by atoms with van der Waals surface area (Å²) in [6.45, 7) is 0.818. The zero-order valence-electron chi connectivity index (χ0n) is 18.8. The predicted octanol–water partition coefficient (Wildman–Crippen LogP) is 6.14. The van der Waals surface area contributed by atoms with Crippen LogP contribution < -0.4 is 9.47 Å². The largest absolute Gasteiger partial charge is 0.488 e. The maximum atomic E-state index is 9.72. The number of rotatable bonds is 8. The third kappa shape index (κ3) is 4.46. The van der Waals surface area contributed by atoms with E-state index in [4.69, 9.17) is 9.47 Å². The van der Waals surface area contributed by atoms with E-state index in [0.717, 1.165) is 55.3 Å². The van der Waals surface area contributed by atoms with E-state index in [1.807, 2.05) is 97.1 Å². The fourth-order valence-electron chi connectivity index (χ4n) is 4.32. The van der Waals surface area contributed by atoms with Crippen LogP contribution in [0.1, 0.15) is 22.3 Å². The predicted molar refractivity (Wildman–Crippen MR) is 135 cm³/mol. The molecule has 0 saturated carbocycles. The minimum absolute atomic E-state index is 0.0249. The van der Waals surface area contributed by atoms with Crippen molar-refractivity contribution in [1.82, 2.24) is 0 Å². The minimum atomic E-state index is -0.0249. The summed E-state index contributed by atoms with van der Waals surface area (Å²) in [4.78, 5) is 0. The molecule has 170 valence electrons. The lowest BCUT2D eigenvalue weighted by molar-refractivity contribution is 0.281. The lowest BCUT2D eigenvalue weighted by Crippen LogP contribution is -2.00. The average molecular weight is 451 g/mol. The molecule has 0 radical (unpaired) electrons. The number of hydrogen-bond donors (Lipinski definition) is 2. The van der Waals surface area contributed by atoms with Gasteiger partial charge in [0.15, 0.2) is 0 Å². The van der Waals surface area contributed by atoms with Crippen molar-refractivity contribution in [2.45, 2.75) is 26.4 Å². The summed E-state index contributed by atoms with van der Waals surface area (Å²) in [6, 6.07) is 31.8. The van der Waals surface area contributed by atoms with Crippen LogP contribution in [0.25, 0.3) is 21.5 Å². The van der Waals surface area contributed by atoms with Crippen LogP contribution in [0.4, 0.5) is 0 Å². The van der Waals surface area contributed by atoms with Gasteiger partial charge in [0.05, 0.1) is 13.2 Å². The Morgan fingerprint density at radius 2 is 0.853 bits per heavy atom. The highest BCUT2D eigenvalue weighted by molar-refractivity contribution is 5.92. The molecule has 5 rings (SSSR count). The number of hydrogen-bond acceptors (Lipinski definition) is 4. The van der Waals surface area contributed by atoms with Crippen LogP contribution in [0.15, 0.2) is 97.1 Å². The van der Waals surface area contributed by atoms with Crippen LogP contribution in [0.5, 0.6) is 11.5 Å². The van der Waals surface area contributed by atoms with E-state index in [9.17, 15) is 10.2 Å². The summed E-state index contributed by atoms with van der Waals surface area (Å²) in [6.07, 6.45) is 0. The molecular formula is C30H26O4. The van der Waals surface area contributed by atoms with Crippen molar-refractivity contribution in [3.63, 3.8) is 0 Å². The summed E-state index contributed by atoms with van der Waals surface area (Å²) < 4.78 is 12.2. The second-order valence-corrected chi connectivity index (χ2v) is 8.25. The first-order valence-electron chi connectivity index (χ1n) is 11.3. The van der Waals surface area contributed by atoms with E-state index >= 15 is 0 Å². The van der Waals surface area contributed by atoms with Crippen molar-refractivity contribution >= 4 is 21.5 Å². The third-order valence-electron chi connectivity index (χ3n) is 6.06. The van der Waals surface area contributed by atoms with Gasteiger partial charge >= 0.3 is 0 Å². The number of aliphatic hydroxyl groups excluding tert-OH is 2.